The van der Waals surface area contributed by atoms with Crippen LogP contribution in [0.2, 0.25) is 0 Å². The van der Waals surface area contributed by atoms with Crippen LogP contribution >= 0.6 is 0 Å². The third-order valence-electron chi connectivity index (χ3n) is 3.32. The number of ether oxygens (including phenoxy) is 1. The van der Waals surface area contributed by atoms with Crippen LogP contribution in [0.5, 0.6) is 0 Å². The zero-order valence-electron chi connectivity index (χ0n) is 11.3. The van der Waals surface area contributed by atoms with Gasteiger partial charge in [0.2, 0.25) is 15.8 Å². The number of sulfonamides is 1. The molecule has 1 aromatic carbocycles. The Kier molecular flexibility index (Phi) is 4.55. The summed E-state index contributed by atoms with van der Waals surface area (Å²) < 4.78 is 45.4. The Morgan fingerprint density at radius 3 is 2.81 bits per heavy atom. The summed E-state index contributed by atoms with van der Waals surface area (Å²) in [6, 6.07) is 1.60. The maximum Gasteiger partial charge on any atom is 0.306 e. The first kappa shape index (κ1) is 15.8. The summed E-state index contributed by atoms with van der Waals surface area (Å²) in [7, 11) is -3.93. The minimum Gasteiger partial charge on any atom is -0.381 e. The second-order valence-corrected chi connectivity index (χ2v) is 6.64. The standard InChI is InChI=1S/C12H15FN2O5S/c1-8-4-10(13)11(15(16)17)5-12(8)21(18,19)14-6-9-2-3-20-7-9/h4-5,9,14H,2-3,6-7H2,1H3. The molecule has 1 heterocycles. The highest BCUT2D eigenvalue weighted by Crippen LogP contribution is 2.25. The molecule has 1 atom stereocenters. The zero-order valence-corrected chi connectivity index (χ0v) is 12.2. The second kappa shape index (κ2) is 6.04. The van der Waals surface area contributed by atoms with Gasteiger partial charge < -0.3 is 4.74 Å². The molecule has 0 radical (unpaired) electrons. The van der Waals surface area contributed by atoms with Gasteiger partial charge >= 0.3 is 5.69 Å². The number of nitrogens with zero attached hydrogens (tertiary/aromatic N) is 1. The van der Waals surface area contributed by atoms with E-state index in [2.05, 4.69) is 4.72 Å². The number of hydrogen-bond donors (Lipinski definition) is 1. The van der Waals surface area contributed by atoms with Crippen molar-refractivity contribution in [2.45, 2.75) is 18.2 Å². The van der Waals surface area contributed by atoms with Gasteiger partial charge in [-0.15, -0.1) is 0 Å². The number of aryl methyl sites for hydroxylation is 1. The average Bonchev–Trinajstić information content (AvgIpc) is 2.88. The first-order valence-electron chi connectivity index (χ1n) is 6.33. The van der Waals surface area contributed by atoms with Crippen molar-refractivity contribution in [3.8, 4) is 0 Å². The van der Waals surface area contributed by atoms with Crippen LogP contribution in [0.3, 0.4) is 0 Å². The molecule has 7 nitrogen and oxygen atoms in total. The molecule has 1 aromatic rings. The van der Waals surface area contributed by atoms with Gasteiger partial charge in [0.05, 0.1) is 16.4 Å². The van der Waals surface area contributed by atoms with E-state index in [1.54, 1.807) is 0 Å². The molecule has 21 heavy (non-hydrogen) atoms. The van der Waals surface area contributed by atoms with E-state index in [0.29, 0.717) is 13.2 Å². The van der Waals surface area contributed by atoms with Crippen LogP contribution in [0, 0.1) is 28.8 Å². The molecule has 9 heteroatoms. The summed E-state index contributed by atoms with van der Waals surface area (Å²) in [5.41, 5.74) is -0.738. The van der Waals surface area contributed by atoms with Gasteiger partial charge in [0, 0.05) is 19.2 Å². The largest absolute Gasteiger partial charge is 0.381 e. The highest BCUT2D eigenvalue weighted by atomic mass is 32.2. The number of nitrogens with one attached hydrogen (secondary N) is 1. The van der Waals surface area contributed by atoms with E-state index in [4.69, 9.17) is 4.74 Å². The first-order chi connectivity index (χ1) is 9.81. The lowest BCUT2D eigenvalue weighted by molar-refractivity contribution is -0.387. The molecule has 1 aliphatic rings. The van der Waals surface area contributed by atoms with E-state index in [1.165, 1.54) is 6.92 Å². The summed E-state index contributed by atoms with van der Waals surface area (Å²) in [6.07, 6.45) is 0.755. The molecule has 0 saturated carbocycles. The Labute approximate surface area is 121 Å². The highest BCUT2D eigenvalue weighted by molar-refractivity contribution is 7.89. The number of halogens is 1. The van der Waals surface area contributed by atoms with Gasteiger partial charge in [0.15, 0.2) is 0 Å². The molecule has 1 fully saturated rings. The fourth-order valence-electron chi connectivity index (χ4n) is 2.12. The Balaban J connectivity index is 2.26. The fraction of sp³-hybridized carbons (Fsp3) is 0.500. The lowest BCUT2D eigenvalue weighted by Crippen LogP contribution is -2.30. The van der Waals surface area contributed by atoms with Gasteiger partial charge in [-0.2, -0.15) is 4.39 Å². The van der Waals surface area contributed by atoms with Gasteiger partial charge in [-0.3, -0.25) is 10.1 Å². The van der Waals surface area contributed by atoms with Crippen LogP contribution in [0.15, 0.2) is 17.0 Å². The first-order valence-corrected chi connectivity index (χ1v) is 7.81. The number of hydrogen-bond acceptors (Lipinski definition) is 5. The normalized spacial score (nSPS) is 18.9. The zero-order chi connectivity index (χ0) is 15.6. The second-order valence-electron chi connectivity index (χ2n) is 4.91. The minimum absolute atomic E-state index is 0.0792. The lowest BCUT2D eigenvalue weighted by Gasteiger charge is -2.12. The average molecular weight is 318 g/mol. The molecule has 0 amide bonds. The molecule has 0 aliphatic carbocycles. The van der Waals surface area contributed by atoms with E-state index >= 15 is 0 Å². The third-order valence-corrected chi connectivity index (χ3v) is 4.88. The Morgan fingerprint density at radius 1 is 1.52 bits per heavy atom. The van der Waals surface area contributed by atoms with Crippen LogP contribution in [0.25, 0.3) is 0 Å². The van der Waals surface area contributed by atoms with E-state index in [0.717, 1.165) is 18.6 Å². The fourth-order valence-corrected chi connectivity index (χ4v) is 3.48. The predicted molar refractivity (Wildman–Crippen MR) is 71.9 cm³/mol. The molecule has 1 aliphatic heterocycles. The maximum atomic E-state index is 13.4. The quantitative estimate of drug-likeness (QED) is 0.653. The van der Waals surface area contributed by atoms with E-state index in [1.807, 2.05) is 0 Å². The molecule has 1 N–H and O–H groups in total. The van der Waals surface area contributed by atoms with Gasteiger partial charge in [-0.25, -0.2) is 13.1 Å². The molecule has 116 valence electrons. The highest BCUT2D eigenvalue weighted by Gasteiger charge is 2.25. The summed E-state index contributed by atoms with van der Waals surface area (Å²) in [6.45, 7) is 2.64. The smallest absolute Gasteiger partial charge is 0.306 e. The molecule has 0 aromatic heterocycles. The predicted octanol–water partition coefficient (Wildman–Crippen LogP) is 1.36. The molecular formula is C12H15FN2O5S. The Hall–Kier alpha value is -1.58. The van der Waals surface area contributed by atoms with Crippen LogP contribution < -0.4 is 4.72 Å². The van der Waals surface area contributed by atoms with Crippen LogP contribution in [-0.4, -0.2) is 33.1 Å². The molecular weight excluding hydrogens is 303 g/mol. The van der Waals surface area contributed by atoms with E-state index < -0.39 is 26.5 Å². The summed E-state index contributed by atoms with van der Waals surface area (Å²) in [5, 5.41) is 10.7. The van der Waals surface area contributed by atoms with Crippen molar-refractivity contribution in [3.05, 3.63) is 33.6 Å². The van der Waals surface area contributed by atoms with Crippen molar-refractivity contribution in [3.63, 3.8) is 0 Å². The summed E-state index contributed by atoms with van der Waals surface area (Å²) >= 11 is 0. The Bertz CT molecular complexity index is 656. The van der Waals surface area contributed by atoms with Gasteiger partial charge in [-0.1, -0.05) is 0 Å². The lowest BCUT2D eigenvalue weighted by atomic mass is 10.1. The minimum atomic E-state index is -3.93. The number of benzene rings is 1. The Morgan fingerprint density at radius 2 is 2.24 bits per heavy atom. The molecule has 2 rings (SSSR count). The number of nitro groups is 1. The van der Waals surface area contributed by atoms with Gasteiger partial charge in [0.25, 0.3) is 0 Å². The number of nitro benzene ring substituents is 1. The van der Waals surface area contributed by atoms with Gasteiger partial charge in [-0.05, 0) is 30.9 Å². The molecule has 0 spiro atoms. The van der Waals surface area contributed by atoms with Crippen LogP contribution in [0.1, 0.15) is 12.0 Å². The monoisotopic (exact) mass is 318 g/mol. The maximum absolute atomic E-state index is 13.4. The van der Waals surface area contributed by atoms with Gasteiger partial charge in [0.1, 0.15) is 0 Å². The van der Waals surface area contributed by atoms with E-state index in [9.17, 15) is 22.9 Å². The van der Waals surface area contributed by atoms with Crippen molar-refractivity contribution in [2.24, 2.45) is 5.92 Å². The SMILES string of the molecule is Cc1cc(F)c([N+](=O)[O-])cc1S(=O)(=O)NCC1CCOC1. The summed E-state index contributed by atoms with van der Waals surface area (Å²) in [5.74, 6) is -0.976. The van der Waals surface area contributed by atoms with Crippen LogP contribution in [0.4, 0.5) is 10.1 Å². The number of rotatable bonds is 5. The summed E-state index contributed by atoms with van der Waals surface area (Å²) in [4.78, 5) is 9.48. The van der Waals surface area contributed by atoms with Crippen molar-refractivity contribution >= 4 is 15.7 Å². The van der Waals surface area contributed by atoms with Crippen molar-refractivity contribution in [1.29, 1.82) is 0 Å². The topological polar surface area (TPSA) is 98.5 Å². The van der Waals surface area contributed by atoms with Crippen LogP contribution in [-0.2, 0) is 14.8 Å². The third kappa shape index (κ3) is 3.55. The molecule has 1 saturated heterocycles. The molecule has 1 unspecified atom stereocenters. The van der Waals surface area contributed by atoms with Crippen molar-refractivity contribution in [2.75, 3.05) is 19.8 Å². The van der Waals surface area contributed by atoms with Crippen molar-refractivity contribution in [1.82, 2.24) is 4.72 Å². The van der Waals surface area contributed by atoms with E-state index in [-0.39, 0.29) is 22.9 Å². The van der Waals surface area contributed by atoms with Crippen molar-refractivity contribution < 1.29 is 22.5 Å². The molecule has 0 bridgehead atoms.